The van der Waals surface area contributed by atoms with Crippen molar-refractivity contribution in [3.8, 4) is 0 Å². The molecule has 0 saturated heterocycles. The molecule has 106 valence electrons. The highest BCUT2D eigenvalue weighted by Gasteiger charge is 2.63. The lowest BCUT2D eigenvalue weighted by Gasteiger charge is -2.08. The smallest absolute Gasteiger partial charge is 0.161 e. The summed E-state index contributed by atoms with van der Waals surface area (Å²) in [6, 6.07) is 1.51. The van der Waals surface area contributed by atoms with Crippen LogP contribution in [0.25, 0.3) is 0 Å². The minimum Gasteiger partial charge on any atom is -0.312 e. The second-order valence-corrected chi connectivity index (χ2v) is 6.48. The summed E-state index contributed by atoms with van der Waals surface area (Å²) < 4.78 is 39.2. The lowest BCUT2D eigenvalue weighted by molar-refractivity contribution is 0.457. The van der Waals surface area contributed by atoms with E-state index in [4.69, 9.17) is 0 Å². The Morgan fingerprint density at radius 3 is 2.00 bits per heavy atom. The van der Waals surface area contributed by atoms with Crippen LogP contribution in [0.5, 0.6) is 0 Å². The van der Waals surface area contributed by atoms with Gasteiger partial charge in [-0.3, -0.25) is 0 Å². The first-order valence-electron chi connectivity index (χ1n) is 6.52. The van der Waals surface area contributed by atoms with Gasteiger partial charge in [-0.05, 0) is 29.4 Å². The summed E-state index contributed by atoms with van der Waals surface area (Å²) in [6.45, 7) is 9.79. The van der Waals surface area contributed by atoms with Crippen LogP contribution in [0.1, 0.15) is 33.3 Å². The molecule has 1 aromatic rings. The highest BCUT2D eigenvalue weighted by Crippen LogP contribution is 2.67. The Labute approximate surface area is 112 Å². The minimum atomic E-state index is -1.15. The van der Waals surface area contributed by atoms with E-state index in [1.165, 1.54) is 0 Å². The summed E-state index contributed by atoms with van der Waals surface area (Å²) in [5.74, 6) is -2.36. The maximum atomic E-state index is 13.4. The summed E-state index contributed by atoms with van der Waals surface area (Å²) in [5.41, 5.74) is 0.675. The van der Waals surface area contributed by atoms with Gasteiger partial charge < -0.3 is 5.32 Å². The molecule has 0 aliphatic heterocycles. The van der Waals surface area contributed by atoms with Gasteiger partial charge in [0.1, 0.15) is 5.82 Å². The zero-order chi connectivity index (χ0) is 14.4. The SMILES string of the molecule is CC1(C)C(CNCc2cc(F)c(F)cc2F)C1(C)C. The Morgan fingerprint density at radius 2 is 1.47 bits per heavy atom. The van der Waals surface area contributed by atoms with Crippen molar-refractivity contribution in [3.05, 3.63) is 35.1 Å². The number of rotatable bonds is 4. The average molecular weight is 271 g/mol. The van der Waals surface area contributed by atoms with Crippen molar-refractivity contribution >= 4 is 0 Å². The Hall–Kier alpha value is -1.03. The third kappa shape index (κ3) is 2.38. The molecule has 0 aromatic heterocycles. The summed E-state index contributed by atoms with van der Waals surface area (Å²) in [7, 11) is 0. The first-order valence-corrected chi connectivity index (χ1v) is 6.52. The van der Waals surface area contributed by atoms with E-state index in [0.717, 1.165) is 12.6 Å². The number of nitrogens with one attached hydrogen (secondary N) is 1. The topological polar surface area (TPSA) is 12.0 Å². The number of hydrogen-bond donors (Lipinski definition) is 1. The van der Waals surface area contributed by atoms with Crippen molar-refractivity contribution in [2.45, 2.75) is 34.2 Å². The summed E-state index contributed by atoms with van der Waals surface area (Å²) in [4.78, 5) is 0. The molecule has 0 bridgehead atoms. The highest BCUT2D eigenvalue weighted by atomic mass is 19.2. The molecule has 0 radical (unpaired) electrons. The molecule has 0 amide bonds. The van der Waals surface area contributed by atoms with E-state index < -0.39 is 17.5 Å². The Kier molecular flexibility index (Phi) is 3.42. The van der Waals surface area contributed by atoms with E-state index in [9.17, 15) is 13.2 Å². The second kappa shape index (κ2) is 4.51. The maximum absolute atomic E-state index is 13.4. The fraction of sp³-hybridized carbons (Fsp3) is 0.600. The number of halogens is 3. The van der Waals surface area contributed by atoms with Crippen LogP contribution in [0.4, 0.5) is 13.2 Å². The monoisotopic (exact) mass is 271 g/mol. The quantitative estimate of drug-likeness (QED) is 0.820. The van der Waals surface area contributed by atoms with Crippen LogP contribution < -0.4 is 5.32 Å². The van der Waals surface area contributed by atoms with E-state index in [-0.39, 0.29) is 22.9 Å². The number of benzene rings is 1. The molecule has 0 heterocycles. The summed E-state index contributed by atoms with van der Waals surface area (Å²) in [5, 5.41) is 3.13. The van der Waals surface area contributed by atoms with Gasteiger partial charge in [-0.2, -0.15) is 0 Å². The van der Waals surface area contributed by atoms with Crippen LogP contribution in [0, 0.1) is 34.2 Å². The van der Waals surface area contributed by atoms with Crippen molar-refractivity contribution in [1.29, 1.82) is 0 Å². The zero-order valence-corrected chi connectivity index (χ0v) is 11.8. The van der Waals surface area contributed by atoms with Gasteiger partial charge in [0.2, 0.25) is 0 Å². The van der Waals surface area contributed by atoms with Crippen LogP contribution >= 0.6 is 0 Å². The van der Waals surface area contributed by atoms with Crippen LogP contribution in [-0.2, 0) is 6.54 Å². The van der Waals surface area contributed by atoms with Crippen molar-refractivity contribution in [3.63, 3.8) is 0 Å². The van der Waals surface area contributed by atoms with Crippen LogP contribution in [0.15, 0.2) is 12.1 Å². The minimum absolute atomic E-state index is 0.162. The molecule has 4 heteroatoms. The Morgan fingerprint density at radius 1 is 0.947 bits per heavy atom. The molecule has 1 aliphatic rings. The van der Waals surface area contributed by atoms with Gasteiger partial charge >= 0.3 is 0 Å². The predicted octanol–water partition coefficient (Wildman–Crippen LogP) is 3.88. The van der Waals surface area contributed by atoms with E-state index in [1.54, 1.807) is 0 Å². The van der Waals surface area contributed by atoms with Crippen molar-refractivity contribution in [2.75, 3.05) is 6.54 Å². The fourth-order valence-electron chi connectivity index (χ4n) is 2.89. The lowest BCUT2D eigenvalue weighted by atomic mass is 10.0. The van der Waals surface area contributed by atoms with E-state index in [1.807, 2.05) is 0 Å². The second-order valence-electron chi connectivity index (χ2n) is 6.48. The predicted molar refractivity (Wildman–Crippen MR) is 69.1 cm³/mol. The molecule has 1 nitrogen and oxygen atoms in total. The molecule has 19 heavy (non-hydrogen) atoms. The van der Waals surface area contributed by atoms with Gasteiger partial charge in [0.25, 0.3) is 0 Å². The van der Waals surface area contributed by atoms with Gasteiger partial charge in [0.05, 0.1) is 0 Å². The molecule has 1 N–H and O–H groups in total. The molecular formula is C15H20F3N. The summed E-state index contributed by atoms with van der Waals surface area (Å²) >= 11 is 0. The van der Waals surface area contributed by atoms with E-state index in [0.29, 0.717) is 12.0 Å². The summed E-state index contributed by atoms with van der Waals surface area (Å²) in [6.07, 6.45) is 0. The van der Waals surface area contributed by atoms with Gasteiger partial charge in [-0.1, -0.05) is 27.7 Å². The zero-order valence-electron chi connectivity index (χ0n) is 11.8. The molecule has 0 atom stereocenters. The van der Waals surface area contributed by atoms with Crippen molar-refractivity contribution < 1.29 is 13.2 Å². The van der Waals surface area contributed by atoms with Gasteiger partial charge in [-0.25, -0.2) is 13.2 Å². The Bertz CT molecular complexity index is 480. The molecule has 0 unspecified atom stereocenters. The number of hydrogen-bond acceptors (Lipinski definition) is 1. The molecule has 1 fully saturated rings. The van der Waals surface area contributed by atoms with E-state index in [2.05, 4.69) is 33.0 Å². The molecule has 1 saturated carbocycles. The normalized spacial score (nSPS) is 20.6. The standard InChI is InChI=1S/C15H20F3N/c1-14(2)13(15(14,3)4)8-19-7-9-5-11(17)12(18)6-10(9)16/h5-6,13,19H,7-8H2,1-4H3. The van der Waals surface area contributed by atoms with Crippen LogP contribution in [0.2, 0.25) is 0 Å². The van der Waals surface area contributed by atoms with E-state index >= 15 is 0 Å². The van der Waals surface area contributed by atoms with Crippen LogP contribution in [-0.4, -0.2) is 6.54 Å². The largest absolute Gasteiger partial charge is 0.312 e. The third-order valence-corrected chi connectivity index (χ3v) is 5.07. The highest BCUT2D eigenvalue weighted by molar-refractivity contribution is 5.20. The van der Waals surface area contributed by atoms with Gasteiger partial charge in [-0.15, -0.1) is 0 Å². The van der Waals surface area contributed by atoms with Gasteiger partial charge in [0, 0.05) is 18.2 Å². The van der Waals surface area contributed by atoms with Gasteiger partial charge in [0.15, 0.2) is 11.6 Å². The lowest BCUT2D eigenvalue weighted by Crippen LogP contribution is -2.19. The van der Waals surface area contributed by atoms with Crippen molar-refractivity contribution in [2.24, 2.45) is 16.7 Å². The first-order chi connectivity index (χ1) is 8.68. The van der Waals surface area contributed by atoms with Crippen molar-refractivity contribution in [1.82, 2.24) is 5.32 Å². The average Bonchev–Trinajstić information content (AvgIpc) is 2.67. The fourth-order valence-corrected chi connectivity index (χ4v) is 2.89. The first kappa shape index (κ1) is 14.4. The van der Waals surface area contributed by atoms with Crippen LogP contribution in [0.3, 0.4) is 0 Å². The molecule has 1 aromatic carbocycles. The molecule has 0 spiro atoms. The molecule has 2 rings (SSSR count). The third-order valence-electron chi connectivity index (χ3n) is 5.07. The Balaban J connectivity index is 1.93. The molecule has 1 aliphatic carbocycles. The maximum Gasteiger partial charge on any atom is 0.161 e. The molecular weight excluding hydrogens is 251 g/mol.